The average molecular weight is 358 g/mol. The molecule has 1 N–H and O–H groups in total. The fourth-order valence-corrected chi connectivity index (χ4v) is 4.05. The maximum Gasteiger partial charge on any atom is 0.309 e. The Kier molecular flexibility index (Phi) is 7.10. The van der Waals surface area contributed by atoms with E-state index in [-0.39, 0.29) is 17.8 Å². The Labute approximate surface area is 144 Å². The van der Waals surface area contributed by atoms with Crippen molar-refractivity contribution < 1.29 is 14.3 Å². The van der Waals surface area contributed by atoms with Gasteiger partial charge >= 0.3 is 5.97 Å². The van der Waals surface area contributed by atoms with Gasteiger partial charge in [0.25, 0.3) is 0 Å². The second-order valence-electron chi connectivity index (χ2n) is 5.10. The second-order valence-corrected chi connectivity index (χ2v) is 7.30. The van der Waals surface area contributed by atoms with E-state index in [0.29, 0.717) is 38.3 Å². The Bertz CT molecular complexity index is 530. The lowest BCUT2D eigenvalue weighted by molar-refractivity contribution is -0.151. The van der Waals surface area contributed by atoms with E-state index >= 15 is 0 Å². The number of nitrogens with zero attached hydrogens (tertiary/aromatic N) is 3. The SMILES string of the molecule is CCNc1nnc(SCC(=O)N2CCC(C(=O)OCC)CC2)s1. The Balaban J connectivity index is 1.73. The lowest BCUT2D eigenvalue weighted by Crippen LogP contribution is -2.41. The molecule has 1 aliphatic rings. The van der Waals surface area contributed by atoms with Gasteiger partial charge in [0.05, 0.1) is 18.3 Å². The molecule has 0 aromatic carbocycles. The van der Waals surface area contributed by atoms with Crippen LogP contribution >= 0.6 is 23.1 Å². The molecule has 1 aromatic rings. The minimum Gasteiger partial charge on any atom is -0.466 e. The van der Waals surface area contributed by atoms with E-state index in [1.807, 2.05) is 18.7 Å². The van der Waals surface area contributed by atoms with Crippen LogP contribution in [0.25, 0.3) is 0 Å². The predicted molar refractivity (Wildman–Crippen MR) is 90.7 cm³/mol. The number of amides is 1. The van der Waals surface area contributed by atoms with Crippen LogP contribution in [0.3, 0.4) is 0 Å². The number of ether oxygens (including phenoxy) is 1. The van der Waals surface area contributed by atoms with Crippen LogP contribution in [0.4, 0.5) is 5.13 Å². The molecule has 0 spiro atoms. The second kappa shape index (κ2) is 9.07. The summed E-state index contributed by atoms with van der Waals surface area (Å²) in [5, 5.41) is 11.9. The maximum atomic E-state index is 12.2. The van der Waals surface area contributed by atoms with Crippen LogP contribution in [0.15, 0.2) is 4.34 Å². The normalized spacial score (nSPS) is 15.5. The van der Waals surface area contributed by atoms with Crippen molar-refractivity contribution >= 4 is 40.1 Å². The van der Waals surface area contributed by atoms with Crippen molar-refractivity contribution in [3.05, 3.63) is 0 Å². The molecule has 1 amide bonds. The molecule has 128 valence electrons. The molecule has 0 atom stereocenters. The number of anilines is 1. The number of thioether (sulfide) groups is 1. The Morgan fingerprint density at radius 2 is 2.09 bits per heavy atom. The first kappa shape index (κ1) is 18.0. The molecule has 1 fully saturated rings. The van der Waals surface area contributed by atoms with Gasteiger partial charge in [-0.25, -0.2) is 0 Å². The fourth-order valence-electron chi connectivity index (χ4n) is 2.33. The molecule has 0 radical (unpaired) electrons. The molecule has 7 nitrogen and oxygen atoms in total. The van der Waals surface area contributed by atoms with Gasteiger partial charge in [-0.05, 0) is 26.7 Å². The zero-order valence-corrected chi connectivity index (χ0v) is 15.0. The van der Waals surface area contributed by atoms with Gasteiger partial charge in [-0.3, -0.25) is 9.59 Å². The topological polar surface area (TPSA) is 84.4 Å². The number of nitrogens with one attached hydrogen (secondary N) is 1. The third kappa shape index (κ3) is 5.35. The highest BCUT2D eigenvalue weighted by Gasteiger charge is 2.28. The van der Waals surface area contributed by atoms with Crippen molar-refractivity contribution in [1.82, 2.24) is 15.1 Å². The minimum absolute atomic E-state index is 0.0718. The number of hydrogen-bond acceptors (Lipinski definition) is 8. The summed E-state index contributed by atoms with van der Waals surface area (Å²) in [5.41, 5.74) is 0. The molecule has 23 heavy (non-hydrogen) atoms. The molecule has 2 rings (SSSR count). The van der Waals surface area contributed by atoms with E-state index < -0.39 is 0 Å². The van der Waals surface area contributed by atoms with Gasteiger partial charge in [0.15, 0.2) is 4.34 Å². The van der Waals surface area contributed by atoms with Crippen molar-refractivity contribution in [2.75, 3.05) is 37.3 Å². The molecule has 1 aromatic heterocycles. The molecule has 0 saturated carbocycles. The number of rotatable bonds is 7. The largest absolute Gasteiger partial charge is 0.466 e. The first-order valence-electron chi connectivity index (χ1n) is 7.78. The summed E-state index contributed by atoms with van der Waals surface area (Å²) in [6.07, 6.45) is 1.36. The third-order valence-electron chi connectivity index (χ3n) is 3.52. The first-order valence-corrected chi connectivity index (χ1v) is 9.58. The van der Waals surface area contributed by atoms with E-state index in [1.165, 1.54) is 23.1 Å². The number of hydrogen-bond donors (Lipinski definition) is 1. The van der Waals surface area contributed by atoms with Crippen LogP contribution in [0.2, 0.25) is 0 Å². The highest BCUT2D eigenvalue weighted by Crippen LogP contribution is 2.26. The van der Waals surface area contributed by atoms with E-state index in [4.69, 9.17) is 4.74 Å². The molecule has 9 heteroatoms. The van der Waals surface area contributed by atoms with Crippen LogP contribution in [-0.4, -0.2) is 59.0 Å². The quantitative estimate of drug-likeness (QED) is 0.588. The molecule has 0 unspecified atom stereocenters. The highest BCUT2D eigenvalue weighted by atomic mass is 32.2. The Morgan fingerprint density at radius 1 is 1.35 bits per heavy atom. The number of piperidine rings is 1. The standard InChI is InChI=1S/C14H22N4O3S2/c1-3-15-13-16-17-14(23-13)22-9-11(19)18-7-5-10(6-8-18)12(20)21-4-2/h10H,3-9H2,1-2H3,(H,15,16). The molecule has 1 saturated heterocycles. The van der Waals surface area contributed by atoms with Crippen LogP contribution < -0.4 is 5.32 Å². The molecule has 0 aliphatic carbocycles. The van der Waals surface area contributed by atoms with E-state index in [1.54, 1.807) is 0 Å². The van der Waals surface area contributed by atoms with Crippen molar-refractivity contribution in [3.63, 3.8) is 0 Å². The van der Waals surface area contributed by atoms with Crippen molar-refractivity contribution in [3.8, 4) is 0 Å². The van der Waals surface area contributed by atoms with Crippen LogP contribution in [0.1, 0.15) is 26.7 Å². The molecule has 2 heterocycles. The number of carbonyl (C=O) groups excluding carboxylic acids is 2. The van der Waals surface area contributed by atoms with Crippen LogP contribution in [0, 0.1) is 5.92 Å². The summed E-state index contributed by atoms with van der Waals surface area (Å²) in [7, 11) is 0. The van der Waals surface area contributed by atoms with Gasteiger partial charge in [-0.1, -0.05) is 23.1 Å². The highest BCUT2D eigenvalue weighted by molar-refractivity contribution is 8.01. The lowest BCUT2D eigenvalue weighted by Gasteiger charge is -2.30. The molecule has 1 aliphatic heterocycles. The summed E-state index contributed by atoms with van der Waals surface area (Å²) < 4.78 is 5.83. The maximum absolute atomic E-state index is 12.2. The van der Waals surface area contributed by atoms with Gasteiger partial charge < -0.3 is 15.0 Å². The zero-order chi connectivity index (χ0) is 16.7. The minimum atomic E-state index is -0.140. The summed E-state index contributed by atoms with van der Waals surface area (Å²) >= 11 is 2.86. The number of likely N-dealkylation sites (tertiary alicyclic amines) is 1. The van der Waals surface area contributed by atoms with Crippen LogP contribution in [-0.2, 0) is 14.3 Å². The fraction of sp³-hybridized carbons (Fsp3) is 0.714. The van der Waals surface area contributed by atoms with Crippen molar-refractivity contribution in [2.45, 2.75) is 31.0 Å². The smallest absolute Gasteiger partial charge is 0.309 e. The van der Waals surface area contributed by atoms with Gasteiger partial charge in [0.1, 0.15) is 0 Å². The van der Waals surface area contributed by atoms with Gasteiger partial charge in [-0.2, -0.15) is 0 Å². The molecular weight excluding hydrogens is 336 g/mol. The summed E-state index contributed by atoms with van der Waals surface area (Å²) in [5.74, 6) is 0.221. The summed E-state index contributed by atoms with van der Waals surface area (Å²) in [6.45, 7) is 6.24. The Morgan fingerprint density at radius 3 is 2.74 bits per heavy atom. The van der Waals surface area contributed by atoms with Gasteiger partial charge in [0.2, 0.25) is 11.0 Å². The average Bonchev–Trinajstić information content (AvgIpc) is 3.01. The molecular formula is C14H22N4O3S2. The summed E-state index contributed by atoms with van der Waals surface area (Å²) in [4.78, 5) is 25.7. The van der Waals surface area contributed by atoms with E-state index in [0.717, 1.165) is 16.0 Å². The van der Waals surface area contributed by atoms with E-state index in [2.05, 4.69) is 15.5 Å². The lowest BCUT2D eigenvalue weighted by atomic mass is 9.97. The van der Waals surface area contributed by atoms with Crippen molar-refractivity contribution in [1.29, 1.82) is 0 Å². The monoisotopic (exact) mass is 358 g/mol. The third-order valence-corrected chi connectivity index (χ3v) is 5.52. The Hall–Kier alpha value is -1.35. The van der Waals surface area contributed by atoms with Crippen LogP contribution in [0.5, 0.6) is 0 Å². The summed E-state index contributed by atoms with van der Waals surface area (Å²) in [6, 6.07) is 0. The van der Waals surface area contributed by atoms with Crippen molar-refractivity contribution in [2.24, 2.45) is 5.92 Å². The predicted octanol–water partition coefficient (Wildman–Crippen LogP) is 1.86. The van der Waals surface area contributed by atoms with Gasteiger partial charge in [0, 0.05) is 19.6 Å². The van der Waals surface area contributed by atoms with E-state index in [9.17, 15) is 9.59 Å². The number of esters is 1. The molecule has 0 bridgehead atoms. The zero-order valence-electron chi connectivity index (χ0n) is 13.4. The first-order chi connectivity index (χ1) is 11.1. The van der Waals surface area contributed by atoms with Gasteiger partial charge in [-0.15, -0.1) is 10.2 Å². The number of carbonyl (C=O) groups is 2. The number of aromatic nitrogens is 2.